The molecule has 0 aromatic carbocycles. The molecule has 0 aromatic rings. The lowest BCUT2D eigenvalue weighted by Gasteiger charge is -2.36. The van der Waals surface area contributed by atoms with Crippen molar-refractivity contribution in [2.75, 3.05) is 13.1 Å². The van der Waals surface area contributed by atoms with Crippen LogP contribution < -0.4 is 10.6 Å². The molecule has 2 unspecified atom stereocenters. The van der Waals surface area contributed by atoms with Gasteiger partial charge in [0.2, 0.25) is 5.91 Å². The molecule has 2 rings (SSSR count). The summed E-state index contributed by atoms with van der Waals surface area (Å²) in [5.41, 5.74) is -0.878. The molecule has 1 saturated carbocycles. The molecule has 0 radical (unpaired) electrons. The molecule has 8 heteroatoms. The lowest BCUT2D eigenvalue weighted by Crippen LogP contribution is -2.54. The van der Waals surface area contributed by atoms with E-state index >= 15 is 0 Å². The molecule has 2 atom stereocenters. The van der Waals surface area contributed by atoms with Crippen LogP contribution in [-0.2, 0) is 14.4 Å². The molecule has 2 aliphatic rings. The van der Waals surface area contributed by atoms with Crippen molar-refractivity contribution >= 4 is 23.8 Å². The normalized spacial score (nSPS) is 27.9. The topological polar surface area (TPSA) is 116 Å². The van der Waals surface area contributed by atoms with Gasteiger partial charge in [0.15, 0.2) is 0 Å². The van der Waals surface area contributed by atoms with Crippen molar-refractivity contribution < 1.29 is 24.3 Å². The monoisotopic (exact) mass is 311 g/mol. The number of aliphatic carboxylic acids is 1. The van der Waals surface area contributed by atoms with Gasteiger partial charge in [0.1, 0.15) is 12.1 Å². The molecule has 2 fully saturated rings. The van der Waals surface area contributed by atoms with Gasteiger partial charge >= 0.3 is 12.0 Å². The smallest absolute Gasteiger partial charge is 0.325 e. The van der Waals surface area contributed by atoms with E-state index in [0.717, 1.165) is 24.2 Å². The summed E-state index contributed by atoms with van der Waals surface area (Å²) in [6.07, 6.45) is 3.16. The number of hydrogen-bond acceptors (Lipinski definition) is 4. The fourth-order valence-corrected chi connectivity index (χ4v) is 3.15. The molecule has 1 saturated heterocycles. The minimum absolute atomic E-state index is 0.0284. The van der Waals surface area contributed by atoms with Crippen LogP contribution in [0.15, 0.2) is 0 Å². The number of imide groups is 1. The summed E-state index contributed by atoms with van der Waals surface area (Å²) in [4.78, 5) is 47.7. The molecule has 1 heterocycles. The predicted molar refractivity (Wildman–Crippen MR) is 75.9 cm³/mol. The number of urea groups is 1. The molecule has 1 spiro atoms. The number of hydrogen-bond donors (Lipinski definition) is 3. The Kier molecular flexibility index (Phi) is 4.68. The summed E-state index contributed by atoms with van der Waals surface area (Å²) in [5, 5.41) is 13.7. The minimum atomic E-state index is -1.02. The molecular weight excluding hydrogens is 290 g/mol. The third kappa shape index (κ3) is 3.05. The van der Waals surface area contributed by atoms with Crippen LogP contribution in [0, 0.1) is 5.92 Å². The number of carboxylic acid groups (broad SMARTS) is 1. The van der Waals surface area contributed by atoms with Gasteiger partial charge < -0.3 is 15.7 Å². The SMILES string of the molecule is CC1CCCCC12NC(=O)N(CC(=O)NCCC(=O)O)C2=O. The highest BCUT2D eigenvalue weighted by molar-refractivity contribution is 6.09. The van der Waals surface area contributed by atoms with Crippen molar-refractivity contribution in [1.29, 1.82) is 0 Å². The first kappa shape index (κ1) is 16.3. The van der Waals surface area contributed by atoms with E-state index in [4.69, 9.17) is 5.11 Å². The van der Waals surface area contributed by atoms with E-state index in [1.54, 1.807) is 0 Å². The zero-order chi connectivity index (χ0) is 16.3. The van der Waals surface area contributed by atoms with Gasteiger partial charge in [-0.1, -0.05) is 19.8 Å². The van der Waals surface area contributed by atoms with Crippen molar-refractivity contribution in [3.63, 3.8) is 0 Å². The fourth-order valence-electron chi connectivity index (χ4n) is 3.15. The molecule has 1 aliphatic carbocycles. The fraction of sp³-hybridized carbons (Fsp3) is 0.714. The highest BCUT2D eigenvalue weighted by Crippen LogP contribution is 2.37. The van der Waals surface area contributed by atoms with Crippen LogP contribution in [0.3, 0.4) is 0 Å². The number of carbonyl (C=O) groups is 4. The van der Waals surface area contributed by atoms with Crippen molar-refractivity contribution in [3.8, 4) is 0 Å². The number of rotatable bonds is 5. The molecule has 8 nitrogen and oxygen atoms in total. The Hall–Kier alpha value is -2.12. The van der Waals surface area contributed by atoms with E-state index < -0.39 is 23.4 Å². The molecular formula is C14H21N3O5. The van der Waals surface area contributed by atoms with Crippen molar-refractivity contribution in [3.05, 3.63) is 0 Å². The van der Waals surface area contributed by atoms with Gasteiger partial charge in [-0.05, 0) is 18.8 Å². The number of carboxylic acids is 1. The zero-order valence-corrected chi connectivity index (χ0v) is 12.6. The van der Waals surface area contributed by atoms with Gasteiger partial charge in [0.05, 0.1) is 6.42 Å². The number of nitrogens with one attached hydrogen (secondary N) is 2. The van der Waals surface area contributed by atoms with Crippen LogP contribution in [0.5, 0.6) is 0 Å². The first-order chi connectivity index (χ1) is 10.4. The van der Waals surface area contributed by atoms with Crippen molar-refractivity contribution in [2.45, 2.75) is 44.6 Å². The second-order valence-corrected chi connectivity index (χ2v) is 5.93. The van der Waals surface area contributed by atoms with Crippen LogP contribution in [0.4, 0.5) is 4.79 Å². The lowest BCUT2D eigenvalue weighted by molar-refractivity contribution is -0.138. The molecule has 0 bridgehead atoms. The van der Waals surface area contributed by atoms with Gasteiger partial charge in [-0.3, -0.25) is 19.3 Å². The Bertz CT molecular complexity index is 507. The molecule has 0 aromatic heterocycles. The molecule has 4 amide bonds. The quantitative estimate of drug-likeness (QED) is 0.622. The van der Waals surface area contributed by atoms with E-state index in [1.807, 2.05) is 6.92 Å². The summed E-state index contributed by atoms with van der Waals surface area (Å²) in [7, 11) is 0. The molecule has 3 N–H and O–H groups in total. The van der Waals surface area contributed by atoms with E-state index in [2.05, 4.69) is 10.6 Å². The average Bonchev–Trinajstić information content (AvgIpc) is 2.67. The summed E-state index contributed by atoms with van der Waals surface area (Å²) in [6.45, 7) is 1.53. The maximum Gasteiger partial charge on any atom is 0.325 e. The highest BCUT2D eigenvalue weighted by Gasteiger charge is 2.55. The first-order valence-corrected chi connectivity index (χ1v) is 7.49. The predicted octanol–water partition coefficient (Wildman–Crippen LogP) is 0.0780. The second kappa shape index (κ2) is 6.33. The minimum Gasteiger partial charge on any atom is -0.481 e. The highest BCUT2D eigenvalue weighted by atomic mass is 16.4. The first-order valence-electron chi connectivity index (χ1n) is 7.49. The molecule has 122 valence electrons. The van der Waals surface area contributed by atoms with Crippen LogP contribution >= 0.6 is 0 Å². The van der Waals surface area contributed by atoms with Crippen molar-refractivity contribution in [2.24, 2.45) is 5.92 Å². The Morgan fingerprint density at radius 2 is 2.14 bits per heavy atom. The Morgan fingerprint density at radius 3 is 2.77 bits per heavy atom. The van der Waals surface area contributed by atoms with Gasteiger partial charge in [-0.2, -0.15) is 0 Å². The lowest BCUT2D eigenvalue weighted by atomic mass is 9.73. The molecule has 22 heavy (non-hydrogen) atoms. The van der Waals surface area contributed by atoms with Gasteiger partial charge in [-0.15, -0.1) is 0 Å². The standard InChI is InChI=1S/C14H21N3O5/c1-9-4-2-3-6-14(9)12(21)17(13(22)16-14)8-10(18)15-7-5-11(19)20/h9H,2-8H2,1H3,(H,15,18)(H,16,22)(H,19,20). The second-order valence-electron chi connectivity index (χ2n) is 5.93. The van der Waals surface area contributed by atoms with Gasteiger partial charge in [-0.25, -0.2) is 4.79 Å². The zero-order valence-electron chi connectivity index (χ0n) is 12.6. The van der Waals surface area contributed by atoms with Crippen LogP contribution in [0.25, 0.3) is 0 Å². The average molecular weight is 311 g/mol. The Morgan fingerprint density at radius 1 is 1.41 bits per heavy atom. The summed E-state index contributed by atoms with van der Waals surface area (Å²) in [6, 6.07) is -0.549. The van der Waals surface area contributed by atoms with Crippen molar-refractivity contribution in [1.82, 2.24) is 15.5 Å². The van der Waals surface area contributed by atoms with E-state index in [-0.39, 0.29) is 31.3 Å². The largest absolute Gasteiger partial charge is 0.481 e. The number of carbonyl (C=O) groups excluding carboxylic acids is 3. The van der Waals surface area contributed by atoms with E-state index in [0.29, 0.717) is 6.42 Å². The maximum absolute atomic E-state index is 12.6. The van der Waals surface area contributed by atoms with Crippen LogP contribution in [0.2, 0.25) is 0 Å². The van der Waals surface area contributed by atoms with Gasteiger partial charge in [0.25, 0.3) is 5.91 Å². The van der Waals surface area contributed by atoms with E-state index in [1.165, 1.54) is 0 Å². The summed E-state index contributed by atoms with van der Waals surface area (Å²) < 4.78 is 0. The van der Waals surface area contributed by atoms with Crippen LogP contribution in [-0.4, -0.2) is 52.4 Å². The maximum atomic E-state index is 12.6. The van der Waals surface area contributed by atoms with Crippen LogP contribution in [0.1, 0.15) is 39.0 Å². The number of nitrogens with zero attached hydrogens (tertiary/aromatic N) is 1. The third-order valence-corrected chi connectivity index (χ3v) is 4.46. The third-order valence-electron chi connectivity index (χ3n) is 4.46. The summed E-state index contributed by atoms with van der Waals surface area (Å²) >= 11 is 0. The molecule has 1 aliphatic heterocycles. The number of amides is 4. The summed E-state index contributed by atoms with van der Waals surface area (Å²) in [5.74, 6) is -1.87. The van der Waals surface area contributed by atoms with Gasteiger partial charge in [0, 0.05) is 6.54 Å². The Balaban J connectivity index is 1.97. The Labute approximate surface area is 128 Å². The van der Waals surface area contributed by atoms with E-state index in [9.17, 15) is 19.2 Å².